The first-order valence-electron chi connectivity index (χ1n) is 6.51. The molecule has 0 radical (unpaired) electrons. The van der Waals surface area contributed by atoms with E-state index in [-0.39, 0.29) is 5.82 Å². The molecule has 19 heavy (non-hydrogen) atoms. The van der Waals surface area contributed by atoms with Crippen LogP contribution in [0, 0.1) is 12.7 Å². The predicted molar refractivity (Wildman–Crippen MR) is 76.4 cm³/mol. The van der Waals surface area contributed by atoms with E-state index in [0.717, 1.165) is 11.0 Å². The number of hydrogen-bond acceptors (Lipinski definition) is 3. The van der Waals surface area contributed by atoms with Crippen molar-refractivity contribution in [2.75, 3.05) is 12.4 Å². The lowest BCUT2D eigenvalue weighted by atomic mass is 9.76. The summed E-state index contributed by atoms with van der Waals surface area (Å²) in [4.78, 5) is 0. The second kappa shape index (κ2) is 4.49. The summed E-state index contributed by atoms with van der Waals surface area (Å²) in [6, 6.07) is 3.26. The summed E-state index contributed by atoms with van der Waals surface area (Å²) in [5, 5.41) is 2.84. The van der Waals surface area contributed by atoms with Gasteiger partial charge >= 0.3 is 7.12 Å². The molecule has 1 N–H and O–H groups in total. The van der Waals surface area contributed by atoms with Gasteiger partial charge in [0.1, 0.15) is 5.82 Å². The minimum absolute atomic E-state index is 0.264. The molecule has 1 saturated heterocycles. The fourth-order valence-electron chi connectivity index (χ4n) is 2.10. The molecule has 1 aromatic rings. The summed E-state index contributed by atoms with van der Waals surface area (Å²) in [6.45, 7) is 9.88. The molecule has 0 saturated carbocycles. The van der Waals surface area contributed by atoms with Gasteiger partial charge in [0.2, 0.25) is 0 Å². The van der Waals surface area contributed by atoms with Gasteiger partial charge in [-0.1, -0.05) is 0 Å². The van der Waals surface area contributed by atoms with Crippen molar-refractivity contribution in [1.29, 1.82) is 0 Å². The van der Waals surface area contributed by atoms with Crippen molar-refractivity contribution in [3.05, 3.63) is 23.5 Å². The summed E-state index contributed by atoms with van der Waals surface area (Å²) in [5.41, 5.74) is 1.37. The van der Waals surface area contributed by atoms with Crippen molar-refractivity contribution in [2.45, 2.75) is 45.8 Å². The van der Waals surface area contributed by atoms with Crippen LogP contribution in [0.15, 0.2) is 12.1 Å². The first-order chi connectivity index (χ1) is 8.68. The minimum Gasteiger partial charge on any atom is -0.399 e. The number of benzene rings is 1. The van der Waals surface area contributed by atoms with E-state index in [4.69, 9.17) is 9.31 Å². The van der Waals surface area contributed by atoms with Crippen LogP contribution in [0.4, 0.5) is 10.1 Å². The van der Waals surface area contributed by atoms with Gasteiger partial charge in [0.05, 0.1) is 16.9 Å². The molecule has 1 fully saturated rings. The molecule has 104 valence electrons. The summed E-state index contributed by atoms with van der Waals surface area (Å²) >= 11 is 0. The van der Waals surface area contributed by atoms with Gasteiger partial charge in [-0.2, -0.15) is 0 Å². The molecule has 3 nitrogen and oxygen atoms in total. The van der Waals surface area contributed by atoms with E-state index in [1.807, 2.05) is 34.6 Å². The number of rotatable bonds is 2. The third kappa shape index (κ3) is 2.37. The van der Waals surface area contributed by atoms with Crippen LogP contribution in [0.25, 0.3) is 0 Å². The molecule has 1 heterocycles. The molecule has 0 unspecified atom stereocenters. The van der Waals surface area contributed by atoms with Gasteiger partial charge in [-0.25, -0.2) is 4.39 Å². The molecule has 0 spiro atoms. The fourth-order valence-corrected chi connectivity index (χ4v) is 2.10. The zero-order valence-corrected chi connectivity index (χ0v) is 12.4. The number of nitrogens with one attached hydrogen (secondary N) is 1. The van der Waals surface area contributed by atoms with Crippen molar-refractivity contribution in [1.82, 2.24) is 0 Å². The van der Waals surface area contributed by atoms with Crippen LogP contribution in [-0.4, -0.2) is 25.4 Å². The van der Waals surface area contributed by atoms with E-state index in [0.29, 0.717) is 5.69 Å². The van der Waals surface area contributed by atoms with E-state index >= 15 is 0 Å². The highest BCUT2D eigenvalue weighted by atomic mass is 19.1. The highest BCUT2D eigenvalue weighted by Gasteiger charge is 2.52. The maximum Gasteiger partial charge on any atom is 0.495 e. The van der Waals surface area contributed by atoms with Gasteiger partial charge in [0.15, 0.2) is 0 Å². The van der Waals surface area contributed by atoms with Crippen LogP contribution in [-0.2, 0) is 9.31 Å². The van der Waals surface area contributed by atoms with E-state index in [9.17, 15) is 4.39 Å². The molecule has 5 heteroatoms. The Kier molecular flexibility index (Phi) is 3.39. The van der Waals surface area contributed by atoms with Gasteiger partial charge in [0.25, 0.3) is 0 Å². The highest BCUT2D eigenvalue weighted by Crippen LogP contribution is 2.36. The molecule has 0 aromatic heterocycles. The van der Waals surface area contributed by atoms with Gasteiger partial charge in [-0.3, -0.25) is 0 Å². The smallest absolute Gasteiger partial charge is 0.399 e. The molecular weight excluding hydrogens is 244 g/mol. The second-order valence-corrected chi connectivity index (χ2v) is 6.03. The number of hydrogen-bond donors (Lipinski definition) is 1. The Balaban J connectivity index is 2.39. The second-order valence-electron chi connectivity index (χ2n) is 6.03. The van der Waals surface area contributed by atoms with Gasteiger partial charge < -0.3 is 14.6 Å². The first-order valence-corrected chi connectivity index (χ1v) is 6.51. The predicted octanol–water partition coefficient (Wildman–Crippen LogP) is 2.48. The minimum atomic E-state index is -0.460. The monoisotopic (exact) mass is 265 g/mol. The summed E-state index contributed by atoms with van der Waals surface area (Å²) < 4.78 is 25.7. The first kappa shape index (κ1) is 14.3. The average Bonchev–Trinajstić information content (AvgIpc) is 2.48. The third-order valence-corrected chi connectivity index (χ3v) is 4.13. The lowest BCUT2D eigenvalue weighted by molar-refractivity contribution is 0.00578. The SMILES string of the molecule is CNc1cc(B2OC(C)(C)C(C)(C)O2)c(C)cc1F. The lowest BCUT2D eigenvalue weighted by Gasteiger charge is -2.32. The highest BCUT2D eigenvalue weighted by molar-refractivity contribution is 6.62. The number of aryl methyl sites for hydroxylation is 1. The standard InChI is InChI=1S/C14H21BFNO2/c1-9-7-11(16)12(17-6)8-10(9)15-18-13(2,3)14(4,5)19-15/h7-8,17H,1-6H3. The molecule has 1 aliphatic heterocycles. The maximum atomic E-state index is 13.7. The Hall–Kier alpha value is -1.07. The Labute approximate surface area is 114 Å². The topological polar surface area (TPSA) is 30.5 Å². The number of anilines is 1. The lowest BCUT2D eigenvalue weighted by Crippen LogP contribution is -2.41. The zero-order valence-electron chi connectivity index (χ0n) is 12.4. The van der Waals surface area contributed by atoms with Crippen molar-refractivity contribution in [2.24, 2.45) is 0 Å². The molecule has 1 aliphatic rings. The molecular formula is C14H21BFNO2. The molecule has 0 aliphatic carbocycles. The Bertz CT molecular complexity index is 486. The molecule has 1 aromatic carbocycles. The summed E-state index contributed by atoms with van der Waals surface area (Å²) in [6.07, 6.45) is 0. The van der Waals surface area contributed by atoms with Crippen LogP contribution in [0.5, 0.6) is 0 Å². The molecule has 0 atom stereocenters. The average molecular weight is 265 g/mol. The third-order valence-electron chi connectivity index (χ3n) is 4.13. The summed E-state index contributed by atoms with van der Waals surface area (Å²) in [7, 11) is 1.24. The van der Waals surface area contributed by atoms with Crippen LogP contribution in [0.1, 0.15) is 33.3 Å². The summed E-state index contributed by atoms with van der Waals surface area (Å²) in [5.74, 6) is -0.264. The van der Waals surface area contributed by atoms with Crippen LogP contribution < -0.4 is 10.8 Å². The largest absolute Gasteiger partial charge is 0.495 e. The Morgan fingerprint density at radius 1 is 1.11 bits per heavy atom. The van der Waals surface area contributed by atoms with E-state index in [1.54, 1.807) is 13.1 Å². The van der Waals surface area contributed by atoms with Crippen LogP contribution in [0.2, 0.25) is 0 Å². The van der Waals surface area contributed by atoms with Gasteiger partial charge in [-0.15, -0.1) is 0 Å². The zero-order chi connectivity index (χ0) is 14.4. The maximum absolute atomic E-state index is 13.7. The van der Waals surface area contributed by atoms with Crippen molar-refractivity contribution < 1.29 is 13.7 Å². The van der Waals surface area contributed by atoms with E-state index < -0.39 is 18.3 Å². The van der Waals surface area contributed by atoms with Crippen LogP contribution in [0.3, 0.4) is 0 Å². The van der Waals surface area contributed by atoms with Gasteiger partial charge in [-0.05, 0) is 57.8 Å². The van der Waals surface area contributed by atoms with Crippen molar-refractivity contribution >= 4 is 18.3 Å². The van der Waals surface area contributed by atoms with Crippen molar-refractivity contribution in [3.8, 4) is 0 Å². The Morgan fingerprint density at radius 3 is 2.11 bits per heavy atom. The molecule has 0 bridgehead atoms. The molecule has 2 rings (SSSR count). The van der Waals surface area contributed by atoms with Crippen molar-refractivity contribution in [3.63, 3.8) is 0 Å². The van der Waals surface area contributed by atoms with Crippen LogP contribution >= 0.6 is 0 Å². The number of halogens is 1. The Morgan fingerprint density at radius 2 is 1.63 bits per heavy atom. The normalized spacial score (nSPS) is 20.7. The van der Waals surface area contributed by atoms with E-state index in [1.165, 1.54) is 6.07 Å². The van der Waals surface area contributed by atoms with Gasteiger partial charge in [0, 0.05) is 7.05 Å². The fraction of sp³-hybridized carbons (Fsp3) is 0.571. The molecule has 0 amide bonds. The van der Waals surface area contributed by atoms with E-state index in [2.05, 4.69) is 5.32 Å². The quantitative estimate of drug-likeness (QED) is 0.833.